The summed E-state index contributed by atoms with van der Waals surface area (Å²) < 4.78 is 19.3. The number of benzene rings is 2. The third kappa shape index (κ3) is 5.15. The third-order valence-corrected chi connectivity index (χ3v) is 7.67. The van der Waals surface area contributed by atoms with E-state index in [2.05, 4.69) is 19.0 Å². The van der Waals surface area contributed by atoms with E-state index < -0.39 is 0 Å². The van der Waals surface area contributed by atoms with E-state index in [1.54, 1.807) is 26.4 Å². The Hall–Kier alpha value is -3.24. The standard InChI is InChI=1S/C26H31N5O4S/c1-34-23-13-17-7-10-31(16-20(17)14-24(23)35-2)26(33)19-4-3-9-30(15-19)11-8-27-25(32)18-5-6-21-22(12-18)29-36-28-21/h5-6,12-14,19H,3-4,7-11,15-16H2,1-2H3,(H,27,32). The number of amides is 2. The number of piperidine rings is 1. The van der Waals surface area contributed by atoms with E-state index >= 15 is 0 Å². The Balaban J connectivity index is 1.14. The molecule has 3 aromatic rings. The summed E-state index contributed by atoms with van der Waals surface area (Å²) in [7, 11) is 3.27. The Morgan fingerprint density at radius 1 is 1.06 bits per heavy atom. The summed E-state index contributed by atoms with van der Waals surface area (Å²) in [6.07, 6.45) is 2.69. The molecular formula is C26H31N5O4S. The topological polar surface area (TPSA) is 96.9 Å². The number of nitrogens with one attached hydrogen (secondary N) is 1. The summed E-state index contributed by atoms with van der Waals surface area (Å²) in [5.74, 6) is 1.50. The minimum Gasteiger partial charge on any atom is -0.493 e. The zero-order chi connectivity index (χ0) is 25.1. The van der Waals surface area contributed by atoms with Crippen molar-refractivity contribution >= 4 is 34.6 Å². The lowest BCUT2D eigenvalue weighted by Crippen LogP contribution is -2.47. The second-order valence-electron chi connectivity index (χ2n) is 9.35. The number of likely N-dealkylation sites (tertiary alicyclic amines) is 1. The van der Waals surface area contributed by atoms with Crippen LogP contribution in [0.2, 0.25) is 0 Å². The highest BCUT2D eigenvalue weighted by Gasteiger charge is 2.31. The Labute approximate surface area is 214 Å². The molecule has 0 spiro atoms. The lowest BCUT2D eigenvalue weighted by atomic mass is 9.93. The van der Waals surface area contributed by atoms with Gasteiger partial charge in [0.2, 0.25) is 5.91 Å². The van der Waals surface area contributed by atoms with Gasteiger partial charge in [0.05, 0.1) is 31.9 Å². The van der Waals surface area contributed by atoms with E-state index in [0.29, 0.717) is 30.9 Å². The molecule has 9 nitrogen and oxygen atoms in total. The Morgan fingerprint density at radius 3 is 2.64 bits per heavy atom. The fourth-order valence-electron chi connectivity index (χ4n) is 5.14. The van der Waals surface area contributed by atoms with Gasteiger partial charge in [-0.1, -0.05) is 0 Å². The molecular weight excluding hydrogens is 478 g/mol. The van der Waals surface area contributed by atoms with Gasteiger partial charge in [-0.2, -0.15) is 8.75 Å². The molecule has 2 aliphatic heterocycles. The monoisotopic (exact) mass is 509 g/mol. The van der Waals surface area contributed by atoms with E-state index in [0.717, 1.165) is 73.0 Å². The molecule has 0 bridgehead atoms. The fourth-order valence-corrected chi connectivity index (χ4v) is 5.66. The summed E-state index contributed by atoms with van der Waals surface area (Å²) in [5.41, 5.74) is 4.46. The van der Waals surface area contributed by atoms with Gasteiger partial charge in [0, 0.05) is 38.3 Å². The fraction of sp³-hybridized carbons (Fsp3) is 0.462. The number of methoxy groups -OCH3 is 2. The second kappa shape index (κ2) is 10.8. The molecule has 36 heavy (non-hydrogen) atoms. The van der Waals surface area contributed by atoms with Crippen molar-refractivity contribution in [3.63, 3.8) is 0 Å². The van der Waals surface area contributed by atoms with Crippen molar-refractivity contribution in [3.8, 4) is 11.5 Å². The van der Waals surface area contributed by atoms with E-state index in [9.17, 15) is 9.59 Å². The molecule has 0 aliphatic carbocycles. The minimum absolute atomic E-state index is 0.0179. The molecule has 1 unspecified atom stereocenters. The molecule has 2 aromatic carbocycles. The number of nitrogens with zero attached hydrogens (tertiary/aromatic N) is 4. The van der Waals surface area contributed by atoms with Crippen LogP contribution >= 0.6 is 11.7 Å². The molecule has 0 saturated carbocycles. The molecule has 10 heteroatoms. The van der Waals surface area contributed by atoms with Gasteiger partial charge in [0.15, 0.2) is 11.5 Å². The van der Waals surface area contributed by atoms with Gasteiger partial charge in [-0.15, -0.1) is 0 Å². The lowest BCUT2D eigenvalue weighted by molar-refractivity contribution is -0.138. The average Bonchev–Trinajstić information content (AvgIpc) is 3.39. The molecule has 1 N–H and O–H groups in total. The van der Waals surface area contributed by atoms with Gasteiger partial charge < -0.3 is 24.6 Å². The van der Waals surface area contributed by atoms with Crippen molar-refractivity contribution in [3.05, 3.63) is 47.0 Å². The quantitative estimate of drug-likeness (QED) is 0.523. The highest BCUT2D eigenvalue weighted by atomic mass is 32.1. The van der Waals surface area contributed by atoms with Crippen LogP contribution in [0, 0.1) is 5.92 Å². The van der Waals surface area contributed by atoms with Crippen LogP contribution in [-0.4, -0.2) is 77.3 Å². The number of ether oxygens (including phenoxy) is 2. The number of hydrogen-bond donors (Lipinski definition) is 1. The zero-order valence-corrected chi connectivity index (χ0v) is 21.5. The van der Waals surface area contributed by atoms with Crippen LogP contribution in [0.25, 0.3) is 11.0 Å². The molecule has 1 atom stereocenters. The number of hydrogen-bond acceptors (Lipinski definition) is 8. The summed E-state index contributed by atoms with van der Waals surface area (Å²) in [5, 5.41) is 3.00. The van der Waals surface area contributed by atoms with Crippen molar-refractivity contribution < 1.29 is 19.1 Å². The Morgan fingerprint density at radius 2 is 1.83 bits per heavy atom. The molecule has 3 heterocycles. The van der Waals surface area contributed by atoms with Gasteiger partial charge in [0.25, 0.3) is 5.91 Å². The van der Waals surface area contributed by atoms with Crippen molar-refractivity contribution in [2.45, 2.75) is 25.8 Å². The van der Waals surface area contributed by atoms with Crippen molar-refractivity contribution in [2.24, 2.45) is 5.92 Å². The van der Waals surface area contributed by atoms with E-state index in [1.165, 1.54) is 5.56 Å². The lowest BCUT2D eigenvalue weighted by Gasteiger charge is -2.37. The highest BCUT2D eigenvalue weighted by Crippen LogP contribution is 2.34. The van der Waals surface area contributed by atoms with Gasteiger partial charge in [-0.3, -0.25) is 9.59 Å². The van der Waals surface area contributed by atoms with Crippen molar-refractivity contribution in [1.29, 1.82) is 0 Å². The van der Waals surface area contributed by atoms with Gasteiger partial charge >= 0.3 is 0 Å². The van der Waals surface area contributed by atoms with Gasteiger partial charge in [-0.05, 0) is 67.3 Å². The normalized spacial score (nSPS) is 18.1. The molecule has 1 aromatic heterocycles. The number of rotatable bonds is 7. The first-order valence-corrected chi connectivity index (χ1v) is 13.0. The van der Waals surface area contributed by atoms with Crippen LogP contribution < -0.4 is 14.8 Å². The van der Waals surface area contributed by atoms with Crippen LogP contribution in [-0.2, 0) is 17.8 Å². The first-order chi connectivity index (χ1) is 17.6. The average molecular weight is 510 g/mol. The van der Waals surface area contributed by atoms with E-state index in [4.69, 9.17) is 9.47 Å². The van der Waals surface area contributed by atoms with Gasteiger partial charge in [-0.25, -0.2) is 0 Å². The van der Waals surface area contributed by atoms with Crippen LogP contribution in [0.3, 0.4) is 0 Å². The first kappa shape index (κ1) is 24.5. The van der Waals surface area contributed by atoms with Gasteiger partial charge in [0.1, 0.15) is 11.0 Å². The molecule has 190 valence electrons. The first-order valence-electron chi connectivity index (χ1n) is 12.3. The number of carbonyl (C=O) groups is 2. The van der Waals surface area contributed by atoms with E-state index in [-0.39, 0.29) is 17.7 Å². The number of aromatic nitrogens is 2. The van der Waals surface area contributed by atoms with Crippen LogP contribution in [0.5, 0.6) is 11.5 Å². The predicted molar refractivity (Wildman–Crippen MR) is 138 cm³/mol. The molecule has 5 rings (SSSR count). The third-order valence-electron chi connectivity index (χ3n) is 7.11. The van der Waals surface area contributed by atoms with Crippen molar-refractivity contribution in [1.82, 2.24) is 23.9 Å². The summed E-state index contributed by atoms with van der Waals surface area (Å²) in [4.78, 5) is 30.2. The van der Waals surface area contributed by atoms with Crippen LogP contribution in [0.4, 0.5) is 0 Å². The minimum atomic E-state index is -0.117. The summed E-state index contributed by atoms with van der Waals surface area (Å²) >= 11 is 1.14. The predicted octanol–water partition coefficient (Wildman–Crippen LogP) is 2.74. The molecule has 1 saturated heterocycles. The van der Waals surface area contributed by atoms with Crippen molar-refractivity contribution in [2.75, 3.05) is 46.9 Å². The maximum absolute atomic E-state index is 13.4. The van der Waals surface area contributed by atoms with Crippen LogP contribution in [0.1, 0.15) is 34.3 Å². The Bertz CT molecular complexity index is 1260. The molecule has 0 radical (unpaired) electrons. The smallest absolute Gasteiger partial charge is 0.251 e. The second-order valence-corrected chi connectivity index (χ2v) is 9.88. The summed E-state index contributed by atoms with van der Waals surface area (Å²) in [6.45, 7) is 4.23. The Kier molecular flexibility index (Phi) is 7.33. The van der Waals surface area contributed by atoms with Crippen LogP contribution in [0.15, 0.2) is 30.3 Å². The highest BCUT2D eigenvalue weighted by molar-refractivity contribution is 7.00. The zero-order valence-electron chi connectivity index (χ0n) is 20.7. The SMILES string of the molecule is COc1cc2c(cc1OC)CN(C(=O)C1CCCN(CCNC(=O)c3ccc4nsnc4c3)C1)CC2. The maximum atomic E-state index is 13.4. The number of carbonyl (C=O) groups excluding carboxylic acids is 2. The summed E-state index contributed by atoms with van der Waals surface area (Å²) in [6, 6.07) is 9.38. The number of fused-ring (bicyclic) bond motifs is 2. The maximum Gasteiger partial charge on any atom is 0.251 e. The molecule has 2 aliphatic rings. The van der Waals surface area contributed by atoms with E-state index in [1.807, 2.05) is 23.1 Å². The molecule has 1 fully saturated rings. The largest absolute Gasteiger partial charge is 0.493 e. The molecule has 2 amide bonds.